The van der Waals surface area contributed by atoms with E-state index in [9.17, 15) is 4.39 Å². The number of hydrogen-bond acceptors (Lipinski definition) is 3. The normalized spacial score (nSPS) is 8.80. The van der Waals surface area contributed by atoms with E-state index in [0.29, 0.717) is 0 Å². The van der Waals surface area contributed by atoms with Crippen molar-refractivity contribution in [1.29, 1.82) is 0 Å². The van der Waals surface area contributed by atoms with Crippen LogP contribution in [0.5, 0.6) is 0 Å². The second kappa shape index (κ2) is 2.31. The number of halogens is 1. The molecule has 0 aromatic carbocycles. The Morgan fingerprint density at radius 3 is 2.90 bits per heavy atom. The minimum absolute atomic E-state index is 0.0962. The summed E-state index contributed by atoms with van der Waals surface area (Å²) in [4.78, 5) is 6.90. The van der Waals surface area contributed by atoms with Gasteiger partial charge >= 0.3 is 0 Å². The van der Waals surface area contributed by atoms with E-state index in [1.165, 1.54) is 0 Å². The molecule has 0 bridgehead atoms. The van der Waals surface area contributed by atoms with Crippen LogP contribution in [-0.4, -0.2) is 9.97 Å². The van der Waals surface area contributed by atoms with Gasteiger partial charge in [-0.05, 0) is 5.92 Å². The van der Waals surface area contributed by atoms with Crippen LogP contribution >= 0.6 is 0 Å². The molecule has 2 N–H and O–H groups in total. The standard InChI is InChI=1S/C6H4FN3/c1-2-5-9-3-4(7)6(8)10-5/h1,3H,(H2,8,9,10). The maximum absolute atomic E-state index is 12.3. The first-order valence-electron chi connectivity index (χ1n) is 2.48. The van der Waals surface area contributed by atoms with Crippen molar-refractivity contribution in [2.75, 3.05) is 5.73 Å². The Kier molecular flexibility index (Phi) is 1.50. The third-order valence-corrected chi connectivity index (χ3v) is 0.900. The number of hydrogen-bond donors (Lipinski definition) is 1. The third-order valence-electron chi connectivity index (χ3n) is 0.900. The molecule has 0 unspecified atom stereocenters. The van der Waals surface area contributed by atoms with Crippen molar-refractivity contribution in [3.8, 4) is 12.3 Å². The van der Waals surface area contributed by atoms with Crippen molar-refractivity contribution in [3.63, 3.8) is 0 Å². The highest BCUT2D eigenvalue weighted by Crippen LogP contribution is 2.02. The molecule has 0 saturated heterocycles. The van der Waals surface area contributed by atoms with Crippen LogP contribution in [0.1, 0.15) is 5.82 Å². The van der Waals surface area contributed by atoms with E-state index in [1.807, 2.05) is 0 Å². The maximum atomic E-state index is 12.3. The van der Waals surface area contributed by atoms with E-state index in [0.717, 1.165) is 6.20 Å². The maximum Gasteiger partial charge on any atom is 0.206 e. The molecular weight excluding hydrogens is 133 g/mol. The van der Waals surface area contributed by atoms with Gasteiger partial charge < -0.3 is 5.73 Å². The molecule has 0 aliphatic rings. The smallest absolute Gasteiger partial charge is 0.206 e. The summed E-state index contributed by atoms with van der Waals surface area (Å²) in [5.41, 5.74) is 5.07. The average Bonchev–Trinajstić information content (AvgIpc) is 1.95. The molecular formula is C6H4FN3. The molecule has 0 saturated carbocycles. The Balaban J connectivity index is 3.20. The lowest BCUT2D eigenvalue weighted by Gasteiger charge is -1.92. The zero-order valence-electron chi connectivity index (χ0n) is 5.00. The van der Waals surface area contributed by atoms with Crippen molar-refractivity contribution < 1.29 is 4.39 Å². The fourth-order valence-electron chi connectivity index (χ4n) is 0.450. The number of terminal acetylenes is 1. The average molecular weight is 137 g/mol. The van der Waals surface area contributed by atoms with Gasteiger partial charge in [0.25, 0.3) is 0 Å². The van der Waals surface area contributed by atoms with Crippen LogP contribution in [0.3, 0.4) is 0 Å². The molecule has 0 amide bonds. The van der Waals surface area contributed by atoms with Gasteiger partial charge in [0.1, 0.15) is 0 Å². The van der Waals surface area contributed by atoms with Crippen LogP contribution in [0.2, 0.25) is 0 Å². The van der Waals surface area contributed by atoms with Crippen molar-refractivity contribution in [2.45, 2.75) is 0 Å². The number of aromatic nitrogens is 2. The van der Waals surface area contributed by atoms with Crippen LogP contribution in [0.25, 0.3) is 0 Å². The molecule has 0 aliphatic carbocycles. The first-order valence-corrected chi connectivity index (χ1v) is 2.48. The highest BCUT2D eigenvalue weighted by molar-refractivity contribution is 5.31. The van der Waals surface area contributed by atoms with E-state index in [4.69, 9.17) is 12.2 Å². The van der Waals surface area contributed by atoms with Gasteiger partial charge in [-0.2, -0.15) is 0 Å². The number of nitrogens with zero attached hydrogens (tertiary/aromatic N) is 2. The predicted octanol–water partition coefficient (Wildman–Crippen LogP) is 0.179. The minimum Gasteiger partial charge on any atom is -0.381 e. The molecule has 50 valence electrons. The van der Waals surface area contributed by atoms with E-state index in [2.05, 4.69) is 15.9 Å². The lowest BCUT2D eigenvalue weighted by molar-refractivity contribution is 0.618. The Hall–Kier alpha value is -1.63. The summed E-state index contributed by atoms with van der Waals surface area (Å²) < 4.78 is 12.3. The van der Waals surface area contributed by atoms with E-state index < -0.39 is 5.82 Å². The highest BCUT2D eigenvalue weighted by atomic mass is 19.1. The molecule has 4 heteroatoms. The van der Waals surface area contributed by atoms with E-state index in [-0.39, 0.29) is 11.6 Å². The zero-order valence-corrected chi connectivity index (χ0v) is 5.00. The van der Waals surface area contributed by atoms with Crippen molar-refractivity contribution in [3.05, 3.63) is 17.8 Å². The predicted molar refractivity (Wildman–Crippen MR) is 34.3 cm³/mol. The number of rotatable bonds is 0. The molecule has 0 aliphatic heterocycles. The SMILES string of the molecule is C#Cc1ncc(F)c(N)n1. The summed E-state index contributed by atoms with van der Waals surface area (Å²) >= 11 is 0. The van der Waals surface area contributed by atoms with Gasteiger partial charge in [-0.3, -0.25) is 0 Å². The zero-order chi connectivity index (χ0) is 7.56. The van der Waals surface area contributed by atoms with E-state index in [1.54, 1.807) is 0 Å². The summed E-state index contributed by atoms with van der Waals surface area (Å²) in [6.45, 7) is 0. The summed E-state index contributed by atoms with van der Waals surface area (Å²) in [5.74, 6) is 1.35. The Bertz CT molecular complexity index is 290. The summed E-state index contributed by atoms with van der Waals surface area (Å²) in [6, 6.07) is 0. The highest BCUT2D eigenvalue weighted by Gasteiger charge is 1.98. The van der Waals surface area contributed by atoms with Gasteiger partial charge in [0.15, 0.2) is 11.6 Å². The summed E-state index contributed by atoms with van der Waals surface area (Å²) in [5, 5.41) is 0. The van der Waals surface area contributed by atoms with Crippen LogP contribution < -0.4 is 5.73 Å². The molecule has 0 radical (unpaired) electrons. The third kappa shape index (κ3) is 1.03. The Morgan fingerprint density at radius 2 is 2.40 bits per heavy atom. The van der Waals surface area contributed by atoms with Crippen LogP contribution in [-0.2, 0) is 0 Å². The fraction of sp³-hybridized carbons (Fsp3) is 0. The molecule has 3 nitrogen and oxygen atoms in total. The summed E-state index contributed by atoms with van der Waals surface area (Å²) in [7, 11) is 0. The van der Waals surface area contributed by atoms with Crippen molar-refractivity contribution in [2.24, 2.45) is 0 Å². The second-order valence-corrected chi connectivity index (χ2v) is 1.57. The first kappa shape index (κ1) is 6.49. The molecule has 1 rings (SSSR count). The summed E-state index contributed by atoms with van der Waals surface area (Å²) in [6.07, 6.45) is 5.86. The number of nitrogens with two attached hydrogens (primary N) is 1. The van der Waals surface area contributed by atoms with Gasteiger partial charge in [0.2, 0.25) is 5.82 Å². The van der Waals surface area contributed by atoms with Crippen LogP contribution in [0.4, 0.5) is 10.2 Å². The molecule has 0 fully saturated rings. The number of anilines is 1. The van der Waals surface area contributed by atoms with Crippen molar-refractivity contribution in [1.82, 2.24) is 9.97 Å². The largest absolute Gasteiger partial charge is 0.381 e. The van der Waals surface area contributed by atoms with Gasteiger partial charge in [0.05, 0.1) is 6.20 Å². The quantitative estimate of drug-likeness (QED) is 0.519. The van der Waals surface area contributed by atoms with E-state index >= 15 is 0 Å². The molecule has 0 atom stereocenters. The number of nitrogen functional groups attached to an aromatic ring is 1. The Morgan fingerprint density at radius 1 is 1.70 bits per heavy atom. The minimum atomic E-state index is -0.654. The monoisotopic (exact) mass is 137 g/mol. The second-order valence-electron chi connectivity index (χ2n) is 1.57. The van der Waals surface area contributed by atoms with Crippen molar-refractivity contribution >= 4 is 5.82 Å². The van der Waals surface area contributed by atoms with Gasteiger partial charge in [0, 0.05) is 0 Å². The lowest BCUT2D eigenvalue weighted by Crippen LogP contribution is -1.98. The first-order chi connectivity index (χ1) is 4.74. The lowest BCUT2D eigenvalue weighted by atomic mass is 10.5. The van der Waals surface area contributed by atoms with Gasteiger partial charge in [-0.25, -0.2) is 14.4 Å². The van der Waals surface area contributed by atoms with Crippen LogP contribution in [0.15, 0.2) is 6.20 Å². The molecule has 1 aromatic rings. The topological polar surface area (TPSA) is 51.8 Å². The molecule has 10 heavy (non-hydrogen) atoms. The van der Waals surface area contributed by atoms with Gasteiger partial charge in [-0.15, -0.1) is 6.42 Å². The van der Waals surface area contributed by atoms with Crippen LogP contribution in [0, 0.1) is 18.2 Å². The Labute approximate surface area is 57.1 Å². The fourth-order valence-corrected chi connectivity index (χ4v) is 0.450. The molecule has 1 aromatic heterocycles. The molecule has 0 spiro atoms. The van der Waals surface area contributed by atoms with Gasteiger partial charge in [-0.1, -0.05) is 0 Å². The molecule has 1 heterocycles.